The second-order valence-corrected chi connectivity index (χ2v) is 13.1. The van der Waals surface area contributed by atoms with Gasteiger partial charge >= 0.3 is 0 Å². The molecule has 0 aliphatic rings. The van der Waals surface area contributed by atoms with E-state index in [1.54, 1.807) is 17.6 Å². The van der Waals surface area contributed by atoms with Gasteiger partial charge in [0.1, 0.15) is 0 Å². The maximum atomic E-state index is 12.0. The van der Waals surface area contributed by atoms with Crippen LogP contribution in [0.2, 0.25) is 0 Å². The lowest BCUT2D eigenvalue weighted by atomic mass is 9.86. The Morgan fingerprint density at radius 1 is 0.733 bits per heavy atom. The predicted octanol–water partition coefficient (Wildman–Crippen LogP) is 8.08. The van der Waals surface area contributed by atoms with Crippen LogP contribution in [0.4, 0.5) is 0 Å². The van der Waals surface area contributed by atoms with E-state index in [-0.39, 0.29) is 33.2 Å². The first kappa shape index (κ1) is 26.4. The zero-order valence-corrected chi connectivity index (χ0v) is 21.8. The maximum absolute atomic E-state index is 12.0. The van der Waals surface area contributed by atoms with E-state index in [1.807, 2.05) is 53.7 Å². The molecule has 0 saturated heterocycles. The van der Waals surface area contributed by atoms with Crippen molar-refractivity contribution < 1.29 is 14.0 Å². The molecule has 0 saturated carbocycles. The van der Waals surface area contributed by atoms with E-state index in [9.17, 15) is 9.59 Å². The zero-order valence-electron chi connectivity index (χ0n) is 20.9. The third-order valence-corrected chi connectivity index (χ3v) is 6.13. The van der Waals surface area contributed by atoms with Crippen LogP contribution >= 0.6 is 11.3 Å². The Bertz CT molecular complexity index is 795. The van der Waals surface area contributed by atoms with Gasteiger partial charge in [-0.05, 0) is 34.6 Å². The largest absolute Gasteiger partial charge is 0.461 e. The van der Waals surface area contributed by atoms with Crippen molar-refractivity contribution in [2.45, 2.75) is 93.9 Å². The van der Waals surface area contributed by atoms with Gasteiger partial charge in [0.25, 0.3) is 0 Å². The van der Waals surface area contributed by atoms with Crippen LogP contribution in [0.15, 0.2) is 28.9 Å². The highest BCUT2D eigenvalue weighted by molar-refractivity contribution is 7.14. The summed E-state index contributed by atoms with van der Waals surface area (Å²) in [4.78, 5) is 26.1. The first-order chi connectivity index (χ1) is 13.2. The van der Waals surface area contributed by atoms with Crippen molar-refractivity contribution in [2.75, 3.05) is 0 Å². The Balaban J connectivity index is 0.000000300. The molecule has 0 bridgehead atoms. The van der Waals surface area contributed by atoms with Gasteiger partial charge in [0.2, 0.25) is 5.78 Å². The molecule has 2 heterocycles. The number of thiophene rings is 1. The molecule has 0 atom stereocenters. The quantitative estimate of drug-likeness (QED) is 0.451. The SMILES string of the molecule is CC(C)(C)C(=O)c1cc(C(C)(C)C)co1.CC(C)(C)C(=O)c1ccc(C(C)(C)C)s1. The molecule has 0 amide bonds. The number of hydrogen-bond donors (Lipinski definition) is 0. The van der Waals surface area contributed by atoms with Gasteiger partial charge in [-0.25, -0.2) is 0 Å². The van der Waals surface area contributed by atoms with E-state index in [1.165, 1.54) is 4.88 Å². The summed E-state index contributed by atoms with van der Waals surface area (Å²) in [5.41, 5.74) is 0.573. The van der Waals surface area contributed by atoms with Crippen molar-refractivity contribution in [3.05, 3.63) is 45.5 Å². The molecule has 3 nitrogen and oxygen atoms in total. The maximum Gasteiger partial charge on any atom is 0.203 e. The van der Waals surface area contributed by atoms with Crippen molar-refractivity contribution >= 4 is 22.9 Å². The first-order valence-electron chi connectivity index (χ1n) is 10.5. The number of ketones is 2. The summed E-state index contributed by atoms with van der Waals surface area (Å²) in [5, 5.41) is 0. The van der Waals surface area contributed by atoms with Crippen LogP contribution in [-0.4, -0.2) is 11.6 Å². The molecule has 0 radical (unpaired) electrons. The monoisotopic (exact) mass is 432 g/mol. The van der Waals surface area contributed by atoms with E-state index in [4.69, 9.17) is 4.42 Å². The molecule has 168 valence electrons. The molecular formula is C26H40O3S. The highest BCUT2D eigenvalue weighted by atomic mass is 32.1. The molecule has 0 unspecified atom stereocenters. The second kappa shape index (κ2) is 8.82. The smallest absolute Gasteiger partial charge is 0.203 e. The number of hydrogen-bond acceptors (Lipinski definition) is 4. The van der Waals surface area contributed by atoms with Crippen LogP contribution in [0, 0.1) is 10.8 Å². The number of furan rings is 1. The lowest BCUT2D eigenvalue weighted by Crippen LogP contribution is -2.19. The number of rotatable bonds is 2. The van der Waals surface area contributed by atoms with E-state index >= 15 is 0 Å². The fraction of sp³-hybridized carbons (Fsp3) is 0.615. The first-order valence-corrected chi connectivity index (χ1v) is 11.3. The number of Topliss-reactive ketones (excluding diaryl/α,β-unsaturated/α-hetero) is 2. The summed E-state index contributed by atoms with van der Waals surface area (Å²) in [5.74, 6) is 0.758. The van der Waals surface area contributed by atoms with Crippen molar-refractivity contribution in [3.8, 4) is 0 Å². The molecule has 2 aromatic heterocycles. The summed E-state index contributed by atoms with van der Waals surface area (Å²) in [6.45, 7) is 24.4. The van der Waals surface area contributed by atoms with Gasteiger partial charge < -0.3 is 4.42 Å². The highest BCUT2D eigenvalue weighted by Gasteiger charge is 2.28. The standard InChI is InChI=1S/C13H20O2.C13H20OS/c1-12(2,3)9-7-10(15-8-9)11(14)13(4,5)6;1-12(2,3)10-8-7-9(15-10)11(14)13(4,5)6/h2*7-8H,1-6H3. The Morgan fingerprint density at radius 2 is 1.23 bits per heavy atom. The van der Waals surface area contributed by atoms with Crippen LogP contribution in [-0.2, 0) is 10.8 Å². The van der Waals surface area contributed by atoms with Crippen LogP contribution < -0.4 is 0 Å². The molecule has 0 N–H and O–H groups in total. The van der Waals surface area contributed by atoms with Gasteiger partial charge in [-0.3, -0.25) is 9.59 Å². The van der Waals surface area contributed by atoms with Gasteiger partial charge in [0.15, 0.2) is 11.5 Å². The highest BCUT2D eigenvalue weighted by Crippen LogP contribution is 2.32. The molecule has 0 spiro atoms. The molecule has 0 aliphatic carbocycles. The van der Waals surface area contributed by atoms with E-state index in [2.05, 4.69) is 47.6 Å². The summed E-state index contributed by atoms with van der Waals surface area (Å²) < 4.78 is 5.33. The topological polar surface area (TPSA) is 47.3 Å². The van der Waals surface area contributed by atoms with E-state index in [0.717, 1.165) is 10.4 Å². The second-order valence-electron chi connectivity index (χ2n) is 12.0. The zero-order chi connectivity index (χ0) is 23.7. The number of carbonyl (C=O) groups excluding carboxylic acids is 2. The van der Waals surface area contributed by atoms with Crippen molar-refractivity contribution in [1.29, 1.82) is 0 Å². The molecule has 4 heteroatoms. The van der Waals surface area contributed by atoms with Crippen LogP contribution in [0.25, 0.3) is 0 Å². The minimum atomic E-state index is -0.382. The number of carbonyl (C=O) groups is 2. The van der Waals surface area contributed by atoms with Crippen molar-refractivity contribution in [1.82, 2.24) is 0 Å². The molecular weight excluding hydrogens is 392 g/mol. The lowest BCUT2D eigenvalue weighted by Gasteiger charge is -2.17. The lowest BCUT2D eigenvalue weighted by molar-refractivity contribution is 0.0827. The van der Waals surface area contributed by atoms with Crippen molar-refractivity contribution in [3.63, 3.8) is 0 Å². The third kappa shape index (κ3) is 7.23. The van der Waals surface area contributed by atoms with E-state index < -0.39 is 0 Å². The van der Waals surface area contributed by atoms with Crippen LogP contribution in [0.3, 0.4) is 0 Å². The minimum absolute atomic E-state index is 0.0277. The fourth-order valence-electron chi connectivity index (χ4n) is 2.45. The summed E-state index contributed by atoms with van der Waals surface area (Å²) >= 11 is 1.63. The third-order valence-electron chi connectivity index (χ3n) is 4.62. The molecule has 0 aromatic carbocycles. The van der Waals surface area contributed by atoms with Crippen LogP contribution in [0.5, 0.6) is 0 Å². The predicted molar refractivity (Wildman–Crippen MR) is 128 cm³/mol. The Kier molecular flexibility index (Phi) is 7.75. The molecule has 2 rings (SSSR count). The normalized spacial score (nSPS) is 12.9. The summed E-state index contributed by atoms with van der Waals surface area (Å²) in [6.07, 6.45) is 1.68. The van der Waals surface area contributed by atoms with Gasteiger partial charge in [-0.2, -0.15) is 0 Å². The van der Waals surface area contributed by atoms with Gasteiger partial charge in [0.05, 0.1) is 11.1 Å². The molecule has 0 aliphatic heterocycles. The molecule has 0 fully saturated rings. The van der Waals surface area contributed by atoms with E-state index in [0.29, 0.717) is 5.76 Å². The Morgan fingerprint density at radius 3 is 1.57 bits per heavy atom. The molecule has 2 aromatic rings. The van der Waals surface area contributed by atoms with Crippen LogP contribution in [0.1, 0.15) is 114 Å². The van der Waals surface area contributed by atoms with Gasteiger partial charge in [-0.1, -0.05) is 83.1 Å². The Labute approximate surface area is 187 Å². The summed E-state index contributed by atoms with van der Waals surface area (Å²) in [6, 6.07) is 5.88. The van der Waals surface area contributed by atoms with Gasteiger partial charge in [0, 0.05) is 15.7 Å². The average molecular weight is 433 g/mol. The minimum Gasteiger partial charge on any atom is -0.461 e. The average Bonchev–Trinajstić information content (AvgIpc) is 3.20. The van der Waals surface area contributed by atoms with Crippen molar-refractivity contribution in [2.24, 2.45) is 10.8 Å². The summed E-state index contributed by atoms with van der Waals surface area (Å²) in [7, 11) is 0. The Hall–Kier alpha value is -1.68. The van der Waals surface area contributed by atoms with Gasteiger partial charge in [-0.15, -0.1) is 11.3 Å². The molecule has 30 heavy (non-hydrogen) atoms. The fourth-order valence-corrected chi connectivity index (χ4v) is 3.66.